The maximum atomic E-state index is 12.6. The van der Waals surface area contributed by atoms with Gasteiger partial charge in [0.05, 0.1) is 18.7 Å². The molecule has 0 bridgehead atoms. The molecule has 3 amide bonds. The topological polar surface area (TPSA) is 126 Å². The van der Waals surface area contributed by atoms with Crippen LogP contribution in [0.5, 0.6) is 0 Å². The number of carbonyl (C=O) groups excluding carboxylic acids is 2. The van der Waals surface area contributed by atoms with Gasteiger partial charge in [-0.2, -0.15) is 0 Å². The zero-order chi connectivity index (χ0) is 29.9. The number of urea groups is 1. The first kappa shape index (κ1) is 27.9. The predicted octanol–water partition coefficient (Wildman–Crippen LogP) is 5.72. The number of hydrogen-bond acceptors (Lipinski definition) is 8. The van der Waals surface area contributed by atoms with E-state index < -0.39 is 0 Å². The molecule has 218 valence electrons. The fourth-order valence-corrected chi connectivity index (χ4v) is 4.80. The van der Waals surface area contributed by atoms with Crippen LogP contribution in [0.2, 0.25) is 0 Å². The third kappa shape index (κ3) is 6.16. The Morgan fingerprint density at radius 2 is 1.56 bits per heavy atom. The number of anilines is 4. The second kappa shape index (κ2) is 11.9. The predicted molar refractivity (Wildman–Crippen MR) is 166 cm³/mol. The molecule has 43 heavy (non-hydrogen) atoms. The highest BCUT2D eigenvalue weighted by Gasteiger charge is 2.20. The number of aromatic nitrogens is 3. The summed E-state index contributed by atoms with van der Waals surface area (Å²) in [5, 5.41) is 5.65. The highest BCUT2D eigenvalue weighted by molar-refractivity contribution is 6.00. The summed E-state index contributed by atoms with van der Waals surface area (Å²) in [7, 11) is 1.70. The smallest absolute Gasteiger partial charge is 0.323 e. The van der Waals surface area contributed by atoms with Crippen molar-refractivity contribution in [2.75, 3.05) is 53.8 Å². The van der Waals surface area contributed by atoms with Crippen LogP contribution in [-0.2, 0) is 9.53 Å². The van der Waals surface area contributed by atoms with Crippen LogP contribution in [0, 0.1) is 6.92 Å². The van der Waals surface area contributed by atoms with Crippen LogP contribution in [0.4, 0.5) is 27.7 Å². The van der Waals surface area contributed by atoms with E-state index in [1.54, 1.807) is 37.5 Å². The number of fused-ring (bicyclic) bond motifs is 1. The van der Waals surface area contributed by atoms with E-state index >= 15 is 0 Å². The summed E-state index contributed by atoms with van der Waals surface area (Å²) in [6.07, 6.45) is 1.79. The van der Waals surface area contributed by atoms with Gasteiger partial charge in [0.25, 0.3) is 0 Å². The Morgan fingerprint density at radius 3 is 2.19 bits per heavy atom. The molecular formula is C32H31N7O4. The Morgan fingerprint density at radius 1 is 0.884 bits per heavy atom. The van der Waals surface area contributed by atoms with Crippen molar-refractivity contribution in [1.82, 2.24) is 15.0 Å². The number of nitrogens with one attached hydrogen (secondary N) is 2. The number of furan rings is 1. The number of ether oxygens (including phenoxy) is 1. The number of aryl methyl sites for hydroxylation is 1. The van der Waals surface area contributed by atoms with E-state index in [9.17, 15) is 9.59 Å². The zero-order valence-corrected chi connectivity index (χ0v) is 24.1. The van der Waals surface area contributed by atoms with Gasteiger partial charge in [-0.1, -0.05) is 0 Å². The largest absolute Gasteiger partial charge is 0.461 e. The van der Waals surface area contributed by atoms with Gasteiger partial charge in [-0.05, 0) is 73.7 Å². The minimum Gasteiger partial charge on any atom is -0.461 e. The fourth-order valence-electron chi connectivity index (χ4n) is 4.80. The first-order valence-corrected chi connectivity index (χ1v) is 13.9. The van der Waals surface area contributed by atoms with E-state index in [1.165, 1.54) is 11.8 Å². The van der Waals surface area contributed by atoms with Crippen molar-refractivity contribution in [2.24, 2.45) is 0 Å². The minimum atomic E-state index is -0.385. The van der Waals surface area contributed by atoms with Gasteiger partial charge in [0.2, 0.25) is 5.91 Å². The Hall–Kier alpha value is -5.29. The van der Waals surface area contributed by atoms with Crippen molar-refractivity contribution >= 4 is 45.9 Å². The minimum absolute atomic E-state index is 0.0707. The molecule has 4 heterocycles. The van der Waals surface area contributed by atoms with Gasteiger partial charge >= 0.3 is 6.03 Å². The average Bonchev–Trinajstić information content (AvgIpc) is 3.47. The number of benzene rings is 2. The lowest BCUT2D eigenvalue weighted by Gasteiger charge is -2.28. The molecule has 2 aromatic carbocycles. The molecule has 1 saturated heterocycles. The standard InChI is InChI=1S/C32H31N7O4/c1-20-4-13-28(43-20)23-18-27-29(33-19-23)31(39-14-16-42-17-15-39)37-30(36-27)22-5-7-24(8-6-22)34-32(41)35-25-9-11-26(12-10-25)38(3)21(2)40/h4-13,18-19H,14-17H2,1-3H3,(H2,34,35,41). The SMILES string of the molecule is CC(=O)N(C)c1ccc(NC(=O)Nc2ccc(-c3nc(N4CCOCC4)c4ncc(-c5ccc(C)o5)cc4n3)cc2)cc1. The van der Waals surface area contributed by atoms with E-state index in [0.29, 0.717) is 54.5 Å². The van der Waals surface area contributed by atoms with Crippen LogP contribution in [-0.4, -0.2) is 60.2 Å². The van der Waals surface area contributed by atoms with Gasteiger partial charge in [-0.25, -0.2) is 19.7 Å². The number of morpholine rings is 1. The Labute approximate surface area is 248 Å². The van der Waals surface area contributed by atoms with Crippen molar-refractivity contribution in [3.63, 3.8) is 0 Å². The Balaban J connectivity index is 1.23. The number of rotatable bonds is 6. The summed E-state index contributed by atoms with van der Waals surface area (Å²) in [4.78, 5) is 42.4. The van der Waals surface area contributed by atoms with E-state index in [2.05, 4.69) is 15.5 Å². The average molecular weight is 578 g/mol. The van der Waals surface area contributed by atoms with Crippen molar-refractivity contribution < 1.29 is 18.7 Å². The lowest BCUT2D eigenvalue weighted by molar-refractivity contribution is -0.116. The number of pyridine rings is 1. The van der Waals surface area contributed by atoms with Gasteiger partial charge in [-0.15, -0.1) is 0 Å². The van der Waals surface area contributed by atoms with Gasteiger partial charge in [0.1, 0.15) is 17.0 Å². The third-order valence-corrected chi connectivity index (χ3v) is 7.24. The monoisotopic (exact) mass is 577 g/mol. The van der Waals surface area contributed by atoms with Crippen LogP contribution in [0.1, 0.15) is 12.7 Å². The van der Waals surface area contributed by atoms with E-state index in [-0.39, 0.29) is 11.9 Å². The van der Waals surface area contributed by atoms with Gasteiger partial charge in [0.15, 0.2) is 11.6 Å². The molecule has 0 atom stereocenters. The van der Waals surface area contributed by atoms with Crippen LogP contribution < -0.4 is 20.4 Å². The van der Waals surface area contributed by atoms with Gasteiger partial charge < -0.3 is 29.6 Å². The summed E-state index contributed by atoms with van der Waals surface area (Å²) in [5.74, 6) is 2.79. The van der Waals surface area contributed by atoms with Crippen LogP contribution in [0.25, 0.3) is 33.7 Å². The van der Waals surface area contributed by atoms with Crippen molar-refractivity contribution in [1.29, 1.82) is 0 Å². The highest BCUT2D eigenvalue weighted by atomic mass is 16.5. The lowest BCUT2D eigenvalue weighted by atomic mass is 10.1. The molecule has 1 aliphatic heterocycles. The molecule has 2 N–H and O–H groups in total. The van der Waals surface area contributed by atoms with E-state index in [0.717, 1.165) is 34.2 Å². The molecule has 0 saturated carbocycles. The summed E-state index contributed by atoms with van der Waals surface area (Å²) in [5.41, 5.74) is 5.02. The molecule has 11 nitrogen and oxygen atoms in total. The van der Waals surface area contributed by atoms with E-state index in [4.69, 9.17) is 24.1 Å². The van der Waals surface area contributed by atoms with Gasteiger partial charge in [-0.3, -0.25) is 4.79 Å². The maximum Gasteiger partial charge on any atom is 0.323 e. The Bertz CT molecular complexity index is 1780. The summed E-state index contributed by atoms with van der Waals surface area (Å²) in [6.45, 7) is 6.06. The van der Waals surface area contributed by atoms with Gasteiger partial charge in [0, 0.05) is 61.4 Å². The van der Waals surface area contributed by atoms with Crippen molar-refractivity contribution in [3.8, 4) is 22.7 Å². The summed E-state index contributed by atoms with van der Waals surface area (Å²) < 4.78 is 11.4. The van der Waals surface area contributed by atoms with E-state index in [1.807, 2.05) is 49.4 Å². The molecule has 3 aromatic heterocycles. The molecular weight excluding hydrogens is 546 g/mol. The molecule has 0 aliphatic carbocycles. The number of carbonyl (C=O) groups is 2. The number of nitrogens with zero attached hydrogens (tertiary/aromatic N) is 5. The van der Waals surface area contributed by atoms with Crippen molar-refractivity contribution in [2.45, 2.75) is 13.8 Å². The normalized spacial score (nSPS) is 13.1. The van der Waals surface area contributed by atoms with Crippen LogP contribution >= 0.6 is 0 Å². The maximum absolute atomic E-state index is 12.6. The first-order chi connectivity index (χ1) is 20.8. The van der Waals surface area contributed by atoms with Crippen molar-refractivity contribution in [3.05, 3.63) is 78.7 Å². The quantitative estimate of drug-likeness (QED) is 0.262. The lowest BCUT2D eigenvalue weighted by Crippen LogP contribution is -2.37. The molecule has 11 heteroatoms. The molecule has 1 aliphatic rings. The van der Waals surface area contributed by atoms with Crippen LogP contribution in [0.3, 0.4) is 0 Å². The summed E-state index contributed by atoms with van der Waals surface area (Å²) in [6, 6.07) is 19.8. The number of hydrogen-bond donors (Lipinski definition) is 2. The molecule has 1 fully saturated rings. The fraction of sp³-hybridized carbons (Fsp3) is 0.219. The number of amides is 3. The molecule has 0 unspecified atom stereocenters. The first-order valence-electron chi connectivity index (χ1n) is 13.9. The molecule has 6 rings (SSSR count). The highest BCUT2D eigenvalue weighted by Crippen LogP contribution is 2.31. The molecule has 0 spiro atoms. The van der Waals surface area contributed by atoms with Crippen LogP contribution in [0.15, 0.2) is 77.3 Å². The summed E-state index contributed by atoms with van der Waals surface area (Å²) >= 11 is 0. The second-order valence-corrected chi connectivity index (χ2v) is 10.3. The Kier molecular flexibility index (Phi) is 7.71. The molecule has 0 radical (unpaired) electrons. The second-order valence-electron chi connectivity index (χ2n) is 10.3. The third-order valence-electron chi connectivity index (χ3n) is 7.24. The molecule has 5 aromatic rings. The zero-order valence-electron chi connectivity index (χ0n) is 24.1.